The van der Waals surface area contributed by atoms with Gasteiger partial charge in [0.25, 0.3) is 5.69 Å². The molecule has 1 aromatic carbocycles. The van der Waals surface area contributed by atoms with Gasteiger partial charge in [-0.1, -0.05) is 6.42 Å². The minimum Gasteiger partial charge on any atom is -0.468 e. The summed E-state index contributed by atoms with van der Waals surface area (Å²) in [4.78, 5) is 15.6. The van der Waals surface area contributed by atoms with Crippen molar-refractivity contribution in [1.29, 1.82) is 0 Å². The van der Waals surface area contributed by atoms with Crippen LogP contribution in [0.3, 0.4) is 0 Å². The van der Waals surface area contributed by atoms with Crippen LogP contribution in [-0.4, -0.2) is 80.3 Å². The number of sulfonamides is 1. The molecule has 33 heavy (non-hydrogen) atoms. The van der Waals surface area contributed by atoms with Crippen molar-refractivity contribution in [1.82, 2.24) is 14.1 Å². The first-order valence-corrected chi connectivity index (χ1v) is 12.8. The van der Waals surface area contributed by atoms with Crippen molar-refractivity contribution in [3.8, 4) is 0 Å². The van der Waals surface area contributed by atoms with Gasteiger partial charge in [-0.25, -0.2) is 8.42 Å². The van der Waals surface area contributed by atoms with Crippen molar-refractivity contribution in [2.24, 2.45) is 0 Å². The van der Waals surface area contributed by atoms with Gasteiger partial charge in [-0.2, -0.15) is 4.31 Å². The zero-order chi connectivity index (χ0) is 23.4. The van der Waals surface area contributed by atoms with Crippen LogP contribution in [0.15, 0.2) is 45.9 Å². The van der Waals surface area contributed by atoms with Gasteiger partial charge >= 0.3 is 0 Å². The molecule has 2 saturated heterocycles. The zero-order valence-electron chi connectivity index (χ0n) is 18.9. The summed E-state index contributed by atoms with van der Waals surface area (Å²) in [6, 6.07) is 7.81. The largest absolute Gasteiger partial charge is 0.468 e. The van der Waals surface area contributed by atoms with Crippen LogP contribution >= 0.6 is 0 Å². The Morgan fingerprint density at radius 2 is 1.82 bits per heavy atom. The highest BCUT2D eigenvalue weighted by molar-refractivity contribution is 7.89. The van der Waals surface area contributed by atoms with Crippen molar-refractivity contribution in [3.05, 3.63) is 52.5 Å². The number of hydrogen-bond acceptors (Lipinski definition) is 8. The number of nitro groups is 1. The predicted octanol–water partition coefficient (Wildman–Crippen LogP) is 2.76. The summed E-state index contributed by atoms with van der Waals surface area (Å²) < 4.78 is 33.1. The summed E-state index contributed by atoms with van der Waals surface area (Å²) in [6.45, 7) is 4.30. The van der Waals surface area contributed by atoms with Gasteiger partial charge in [-0.3, -0.25) is 15.0 Å². The van der Waals surface area contributed by atoms with Gasteiger partial charge < -0.3 is 14.6 Å². The van der Waals surface area contributed by atoms with Crippen molar-refractivity contribution >= 4 is 21.4 Å². The van der Waals surface area contributed by atoms with Gasteiger partial charge in [0.05, 0.1) is 22.1 Å². The molecule has 0 spiro atoms. The number of anilines is 1. The highest BCUT2D eigenvalue weighted by Crippen LogP contribution is 2.31. The van der Waals surface area contributed by atoms with Crippen LogP contribution in [-0.2, 0) is 10.0 Å². The Morgan fingerprint density at radius 3 is 2.45 bits per heavy atom. The SMILES string of the molecule is CN1CCN(S(=O)(=O)c2ccc(NC[C@@H](c3ccco3)N3CCCCC3)c([N+](=O)[O-])c2)CC1. The van der Waals surface area contributed by atoms with Crippen LogP contribution in [0.5, 0.6) is 0 Å². The van der Waals surface area contributed by atoms with Gasteiger partial charge in [0.1, 0.15) is 11.4 Å². The van der Waals surface area contributed by atoms with E-state index >= 15 is 0 Å². The Bertz CT molecular complexity index is 1050. The summed E-state index contributed by atoms with van der Waals surface area (Å²) in [5, 5.41) is 15.0. The lowest BCUT2D eigenvalue weighted by molar-refractivity contribution is -0.384. The summed E-state index contributed by atoms with van der Waals surface area (Å²) in [7, 11) is -1.85. The molecule has 1 atom stereocenters. The standard InChI is InChI=1S/C22H31N5O5S/c1-24-11-13-26(14-12-24)33(30,31)18-7-8-19(20(16-18)27(28)29)23-17-21(22-6-5-15-32-22)25-9-3-2-4-10-25/h5-8,15-16,21,23H,2-4,9-14,17H2,1H3/t21-/m0/s1. The lowest BCUT2D eigenvalue weighted by atomic mass is 10.1. The molecule has 4 rings (SSSR count). The third kappa shape index (κ3) is 5.37. The van der Waals surface area contributed by atoms with E-state index in [4.69, 9.17) is 4.42 Å². The number of piperazine rings is 1. The number of hydrogen-bond donors (Lipinski definition) is 1. The van der Waals surface area contributed by atoms with Crippen molar-refractivity contribution in [2.45, 2.75) is 30.2 Å². The quantitative estimate of drug-likeness (QED) is 0.456. The minimum absolute atomic E-state index is 0.0529. The van der Waals surface area contributed by atoms with Gasteiger partial charge in [0.15, 0.2) is 0 Å². The molecule has 2 aromatic rings. The normalized spacial score (nSPS) is 19.9. The molecule has 3 heterocycles. The van der Waals surface area contributed by atoms with Crippen LogP contribution in [0.4, 0.5) is 11.4 Å². The predicted molar refractivity (Wildman–Crippen MR) is 125 cm³/mol. The van der Waals surface area contributed by atoms with E-state index < -0.39 is 14.9 Å². The molecule has 10 nitrogen and oxygen atoms in total. The summed E-state index contributed by atoms with van der Waals surface area (Å²) in [5.74, 6) is 0.807. The van der Waals surface area contributed by atoms with Crippen molar-refractivity contribution in [3.63, 3.8) is 0 Å². The number of rotatable bonds is 8. The fraction of sp³-hybridized carbons (Fsp3) is 0.545. The third-order valence-corrected chi connectivity index (χ3v) is 8.35. The maximum Gasteiger partial charge on any atom is 0.293 e. The average molecular weight is 478 g/mol. The van der Waals surface area contributed by atoms with Crippen LogP contribution in [0.25, 0.3) is 0 Å². The molecule has 0 amide bonds. The van der Waals surface area contributed by atoms with Crippen LogP contribution in [0, 0.1) is 10.1 Å². The van der Waals surface area contributed by atoms with Crippen molar-refractivity contribution < 1.29 is 17.8 Å². The maximum atomic E-state index is 13.1. The molecule has 180 valence electrons. The first kappa shape index (κ1) is 23.7. The van der Waals surface area contributed by atoms with E-state index in [9.17, 15) is 18.5 Å². The molecule has 1 N–H and O–H groups in total. The number of nitrogens with zero attached hydrogens (tertiary/aromatic N) is 4. The van der Waals surface area contributed by atoms with Gasteiger partial charge in [0, 0.05) is 38.8 Å². The fourth-order valence-electron chi connectivity index (χ4n) is 4.48. The van der Waals surface area contributed by atoms with E-state index in [1.807, 2.05) is 19.2 Å². The molecule has 0 bridgehead atoms. The van der Waals surface area contributed by atoms with E-state index in [-0.39, 0.29) is 16.6 Å². The topological polar surface area (TPSA) is 112 Å². The molecule has 11 heteroatoms. The van der Waals surface area contributed by atoms with E-state index in [0.29, 0.717) is 38.4 Å². The average Bonchev–Trinajstić information content (AvgIpc) is 3.35. The van der Waals surface area contributed by atoms with Gasteiger partial charge in [0.2, 0.25) is 10.0 Å². The third-order valence-electron chi connectivity index (χ3n) is 6.45. The van der Waals surface area contributed by atoms with Crippen LogP contribution in [0.1, 0.15) is 31.1 Å². The monoisotopic (exact) mass is 477 g/mol. The number of likely N-dealkylation sites (N-methyl/N-ethyl adjacent to an activating group) is 1. The molecule has 0 radical (unpaired) electrons. The fourth-order valence-corrected chi connectivity index (χ4v) is 5.92. The van der Waals surface area contributed by atoms with E-state index in [0.717, 1.165) is 31.7 Å². The maximum absolute atomic E-state index is 13.1. The molecular weight excluding hydrogens is 446 g/mol. The molecular formula is C22H31N5O5S. The number of furan rings is 1. The minimum atomic E-state index is -3.79. The lowest BCUT2D eigenvalue weighted by Crippen LogP contribution is -2.47. The molecule has 2 aliphatic rings. The highest BCUT2D eigenvalue weighted by atomic mass is 32.2. The summed E-state index contributed by atoms with van der Waals surface area (Å²) >= 11 is 0. The Labute approximate surface area is 194 Å². The van der Waals surface area contributed by atoms with Crippen LogP contribution in [0.2, 0.25) is 0 Å². The lowest BCUT2D eigenvalue weighted by Gasteiger charge is -2.33. The summed E-state index contributed by atoms with van der Waals surface area (Å²) in [6.07, 6.45) is 5.04. The number of piperidine rings is 1. The molecule has 0 saturated carbocycles. The molecule has 1 aromatic heterocycles. The molecule has 0 aliphatic carbocycles. The molecule has 2 aliphatic heterocycles. The van der Waals surface area contributed by atoms with Gasteiger partial charge in [-0.15, -0.1) is 0 Å². The van der Waals surface area contributed by atoms with Crippen LogP contribution < -0.4 is 5.32 Å². The highest BCUT2D eigenvalue weighted by Gasteiger charge is 2.30. The smallest absolute Gasteiger partial charge is 0.293 e. The van der Waals surface area contributed by atoms with Gasteiger partial charge in [-0.05, 0) is 57.2 Å². The molecule has 0 unspecified atom stereocenters. The second-order valence-electron chi connectivity index (χ2n) is 8.65. The number of nitrogens with one attached hydrogen (secondary N) is 1. The Balaban J connectivity index is 1.54. The number of likely N-dealkylation sites (tertiary alicyclic amines) is 1. The zero-order valence-corrected chi connectivity index (χ0v) is 19.7. The second-order valence-corrected chi connectivity index (χ2v) is 10.6. The van der Waals surface area contributed by atoms with E-state index in [1.165, 1.54) is 28.9 Å². The van der Waals surface area contributed by atoms with E-state index in [2.05, 4.69) is 15.1 Å². The summed E-state index contributed by atoms with van der Waals surface area (Å²) in [5.41, 5.74) is 0.0490. The first-order chi connectivity index (χ1) is 15.9. The van der Waals surface area contributed by atoms with E-state index in [1.54, 1.807) is 6.26 Å². The van der Waals surface area contributed by atoms with Crippen molar-refractivity contribution in [2.75, 3.05) is 58.2 Å². The molecule has 2 fully saturated rings. The Morgan fingerprint density at radius 1 is 1.09 bits per heavy atom. The number of benzene rings is 1. The second kappa shape index (κ2) is 10.2. The number of nitro benzene ring substituents is 1. The Hall–Kier alpha value is -2.47. The first-order valence-electron chi connectivity index (χ1n) is 11.3. The Kier molecular flexibility index (Phi) is 7.32.